The lowest BCUT2D eigenvalue weighted by Crippen LogP contribution is -2.46. The van der Waals surface area contributed by atoms with Gasteiger partial charge < -0.3 is 15.5 Å². The molecular formula is C22H27N3O3. The Morgan fingerprint density at radius 1 is 0.929 bits per heavy atom. The zero-order chi connectivity index (χ0) is 20.5. The fraction of sp³-hybridized carbons (Fsp3) is 0.318. The van der Waals surface area contributed by atoms with Gasteiger partial charge in [0.25, 0.3) is 0 Å². The van der Waals surface area contributed by atoms with Crippen LogP contribution in [0.3, 0.4) is 0 Å². The molecule has 6 heteroatoms. The molecule has 0 fully saturated rings. The molecule has 2 rings (SSSR count). The minimum Gasteiger partial charge on any atom is -0.345 e. The summed E-state index contributed by atoms with van der Waals surface area (Å²) in [4.78, 5) is 38.3. The summed E-state index contributed by atoms with van der Waals surface area (Å²) in [5.74, 6) is -0.807. The van der Waals surface area contributed by atoms with Crippen LogP contribution in [0.4, 0.5) is 5.69 Å². The minimum absolute atomic E-state index is 0.0822. The van der Waals surface area contributed by atoms with E-state index in [1.807, 2.05) is 63.2 Å². The van der Waals surface area contributed by atoms with Crippen LogP contribution in [0.25, 0.3) is 0 Å². The van der Waals surface area contributed by atoms with E-state index in [-0.39, 0.29) is 43.3 Å². The highest BCUT2D eigenvalue weighted by Crippen LogP contribution is 2.08. The van der Waals surface area contributed by atoms with Gasteiger partial charge in [-0.2, -0.15) is 0 Å². The molecule has 0 unspecified atom stereocenters. The average Bonchev–Trinajstić information content (AvgIpc) is 2.66. The minimum atomic E-state index is -0.367. The molecule has 0 aliphatic heterocycles. The number of carbonyl (C=O) groups excluding carboxylic acids is 3. The zero-order valence-electron chi connectivity index (χ0n) is 16.6. The summed E-state index contributed by atoms with van der Waals surface area (Å²) < 4.78 is 0. The van der Waals surface area contributed by atoms with E-state index in [1.54, 1.807) is 12.1 Å². The van der Waals surface area contributed by atoms with E-state index in [2.05, 4.69) is 10.6 Å². The predicted octanol–water partition coefficient (Wildman–Crippen LogP) is 2.53. The molecule has 28 heavy (non-hydrogen) atoms. The molecular weight excluding hydrogens is 354 g/mol. The second kappa shape index (κ2) is 10.3. The number of hydrogen-bond donors (Lipinski definition) is 2. The first-order valence-electron chi connectivity index (χ1n) is 9.31. The van der Waals surface area contributed by atoms with Crippen molar-refractivity contribution < 1.29 is 14.4 Å². The lowest BCUT2D eigenvalue weighted by Gasteiger charge is -2.26. The maximum absolute atomic E-state index is 12.6. The molecule has 148 valence electrons. The van der Waals surface area contributed by atoms with Gasteiger partial charge in [0.15, 0.2) is 0 Å². The summed E-state index contributed by atoms with van der Waals surface area (Å²) in [6, 6.07) is 16.7. The van der Waals surface area contributed by atoms with Crippen molar-refractivity contribution in [3.05, 3.63) is 65.7 Å². The molecule has 0 saturated heterocycles. The normalized spacial score (nSPS) is 10.4. The van der Waals surface area contributed by atoms with Gasteiger partial charge >= 0.3 is 0 Å². The Morgan fingerprint density at radius 2 is 1.57 bits per heavy atom. The second-order valence-electron chi connectivity index (χ2n) is 6.97. The summed E-state index contributed by atoms with van der Waals surface area (Å²) in [5.41, 5.74) is 2.67. The van der Waals surface area contributed by atoms with Gasteiger partial charge in [0.2, 0.25) is 17.7 Å². The first kappa shape index (κ1) is 21.2. The molecule has 0 bridgehead atoms. The maximum atomic E-state index is 12.6. The number of nitrogens with one attached hydrogen (secondary N) is 2. The van der Waals surface area contributed by atoms with E-state index in [0.29, 0.717) is 5.69 Å². The Balaban J connectivity index is 1.83. The number of amides is 3. The topological polar surface area (TPSA) is 78.5 Å². The Kier molecular flexibility index (Phi) is 7.75. The predicted molar refractivity (Wildman–Crippen MR) is 110 cm³/mol. The molecule has 0 aromatic heterocycles. The number of carbonyl (C=O) groups is 3. The van der Waals surface area contributed by atoms with Crippen LogP contribution in [0, 0.1) is 6.92 Å². The van der Waals surface area contributed by atoms with Gasteiger partial charge in [-0.25, -0.2) is 0 Å². The molecule has 2 aromatic rings. The Morgan fingerprint density at radius 3 is 2.18 bits per heavy atom. The fourth-order valence-corrected chi connectivity index (χ4v) is 2.66. The number of aryl methyl sites for hydroxylation is 1. The SMILES string of the molecule is Cc1ccc(NC(=O)CNC(=O)CN(C(=O)Cc2ccccc2)C(C)C)cc1. The quantitative estimate of drug-likeness (QED) is 0.738. The number of nitrogens with zero attached hydrogens (tertiary/aromatic N) is 1. The van der Waals surface area contributed by atoms with Crippen molar-refractivity contribution in [2.24, 2.45) is 0 Å². The van der Waals surface area contributed by atoms with E-state index in [0.717, 1.165) is 11.1 Å². The highest BCUT2D eigenvalue weighted by molar-refractivity contribution is 5.95. The summed E-state index contributed by atoms with van der Waals surface area (Å²) in [6.07, 6.45) is 0.236. The van der Waals surface area contributed by atoms with Gasteiger partial charge in [-0.05, 0) is 38.5 Å². The van der Waals surface area contributed by atoms with Crippen molar-refractivity contribution in [3.63, 3.8) is 0 Å². The molecule has 6 nitrogen and oxygen atoms in total. The summed E-state index contributed by atoms with van der Waals surface area (Å²) in [5, 5.41) is 5.30. The van der Waals surface area contributed by atoms with Crippen LogP contribution in [0.2, 0.25) is 0 Å². The van der Waals surface area contributed by atoms with Crippen LogP contribution < -0.4 is 10.6 Å². The zero-order valence-corrected chi connectivity index (χ0v) is 16.6. The first-order chi connectivity index (χ1) is 13.3. The molecule has 0 aliphatic rings. The monoisotopic (exact) mass is 381 g/mol. The van der Waals surface area contributed by atoms with E-state index < -0.39 is 0 Å². The fourth-order valence-electron chi connectivity index (χ4n) is 2.66. The number of anilines is 1. The third-order valence-electron chi connectivity index (χ3n) is 4.24. The molecule has 2 N–H and O–H groups in total. The third kappa shape index (κ3) is 6.87. The summed E-state index contributed by atoms with van der Waals surface area (Å²) >= 11 is 0. The van der Waals surface area contributed by atoms with Crippen LogP contribution >= 0.6 is 0 Å². The van der Waals surface area contributed by atoms with Crippen LogP contribution in [0.1, 0.15) is 25.0 Å². The second-order valence-corrected chi connectivity index (χ2v) is 6.97. The van der Waals surface area contributed by atoms with Crippen molar-refractivity contribution >= 4 is 23.4 Å². The van der Waals surface area contributed by atoms with Gasteiger partial charge in [-0.15, -0.1) is 0 Å². The standard InChI is InChI=1S/C22H27N3O3/c1-16(2)25(22(28)13-18-7-5-4-6-8-18)15-21(27)23-14-20(26)24-19-11-9-17(3)10-12-19/h4-12,16H,13-15H2,1-3H3,(H,23,27)(H,24,26). The largest absolute Gasteiger partial charge is 0.345 e. The van der Waals surface area contributed by atoms with E-state index in [1.165, 1.54) is 4.90 Å². The molecule has 0 aliphatic carbocycles. The summed E-state index contributed by atoms with van der Waals surface area (Å²) in [7, 11) is 0. The molecule has 0 heterocycles. The van der Waals surface area contributed by atoms with Crippen LogP contribution in [-0.4, -0.2) is 41.8 Å². The first-order valence-corrected chi connectivity index (χ1v) is 9.31. The van der Waals surface area contributed by atoms with Gasteiger partial charge in [-0.1, -0.05) is 48.0 Å². The average molecular weight is 381 g/mol. The highest BCUT2D eigenvalue weighted by atomic mass is 16.2. The number of hydrogen-bond acceptors (Lipinski definition) is 3. The molecule has 3 amide bonds. The highest BCUT2D eigenvalue weighted by Gasteiger charge is 2.20. The van der Waals surface area contributed by atoms with Crippen molar-refractivity contribution in [2.75, 3.05) is 18.4 Å². The maximum Gasteiger partial charge on any atom is 0.243 e. The van der Waals surface area contributed by atoms with E-state index in [9.17, 15) is 14.4 Å². The van der Waals surface area contributed by atoms with Gasteiger partial charge in [0.1, 0.15) is 0 Å². The Bertz CT molecular complexity index is 802. The van der Waals surface area contributed by atoms with Gasteiger partial charge in [-0.3, -0.25) is 14.4 Å². The van der Waals surface area contributed by atoms with Crippen LogP contribution in [0.15, 0.2) is 54.6 Å². The van der Waals surface area contributed by atoms with E-state index in [4.69, 9.17) is 0 Å². The molecule has 2 aromatic carbocycles. The lowest BCUT2D eigenvalue weighted by atomic mass is 10.1. The summed E-state index contributed by atoms with van der Waals surface area (Å²) in [6.45, 7) is 5.46. The van der Waals surface area contributed by atoms with Crippen LogP contribution in [0.5, 0.6) is 0 Å². The molecule has 0 radical (unpaired) electrons. The van der Waals surface area contributed by atoms with Crippen molar-refractivity contribution in [3.8, 4) is 0 Å². The van der Waals surface area contributed by atoms with Crippen molar-refractivity contribution in [2.45, 2.75) is 33.2 Å². The van der Waals surface area contributed by atoms with Gasteiger partial charge in [0.05, 0.1) is 19.5 Å². The van der Waals surface area contributed by atoms with Gasteiger partial charge in [0, 0.05) is 11.7 Å². The Hall–Kier alpha value is -3.15. The number of rotatable bonds is 8. The van der Waals surface area contributed by atoms with Crippen LogP contribution in [-0.2, 0) is 20.8 Å². The Labute approximate surface area is 165 Å². The third-order valence-corrected chi connectivity index (χ3v) is 4.24. The molecule has 0 saturated carbocycles. The number of benzene rings is 2. The van der Waals surface area contributed by atoms with E-state index >= 15 is 0 Å². The molecule has 0 spiro atoms. The van der Waals surface area contributed by atoms with Crippen molar-refractivity contribution in [1.82, 2.24) is 10.2 Å². The smallest absolute Gasteiger partial charge is 0.243 e. The lowest BCUT2D eigenvalue weighted by molar-refractivity contribution is -0.137. The molecule has 0 atom stereocenters. The van der Waals surface area contributed by atoms with Crippen molar-refractivity contribution in [1.29, 1.82) is 0 Å².